The summed E-state index contributed by atoms with van der Waals surface area (Å²) in [6.07, 6.45) is 2.74. The Morgan fingerprint density at radius 2 is 1.52 bits per heavy atom. The maximum absolute atomic E-state index is 12.8. The number of esters is 1. The topological polar surface area (TPSA) is 161 Å². The molecule has 3 N–H and O–H groups in total. The predicted molar refractivity (Wildman–Crippen MR) is 161 cm³/mol. The molecule has 13 heteroatoms. The van der Waals surface area contributed by atoms with Gasteiger partial charge in [0.15, 0.2) is 0 Å². The minimum Gasteiger partial charge on any atom is -0.444 e. The van der Waals surface area contributed by atoms with Crippen LogP contribution in [0.15, 0.2) is 30.5 Å². The van der Waals surface area contributed by atoms with Gasteiger partial charge < -0.3 is 35.1 Å². The van der Waals surface area contributed by atoms with Crippen LogP contribution in [0.5, 0.6) is 0 Å². The first kappa shape index (κ1) is 32.5. The van der Waals surface area contributed by atoms with E-state index >= 15 is 0 Å². The zero-order chi connectivity index (χ0) is 31.9. The van der Waals surface area contributed by atoms with Crippen LogP contribution in [0.2, 0.25) is 0 Å². The van der Waals surface area contributed by atoms with Crippen LogP contribution < -0.4 is 16.0 Å². The van der Waals surface area contributed by atoms with Crippen molar-refractivity contribution in [3.63, 3.8) is 0 Å². The molecule has 0 atom stereocenters. The molecule has 238 valence electrons. The molecule has 4 rings (SSSR count). The van der Waals surface area contributed by atoms with Gasteiger partial charge in [-0.1, -0.05) is 24.3 Å². The first-order chi connectivity index (χ1) is 20.8. The third-order valence-corrected chi connectivity index (χ3v) is 6.97. The molecular weight excluding hydrogens is 568 g/mol. The third-order valence-electron chi connectivity index (χ3n) is 6.97. The van der Waals surface area contributed by atoms with Crippen molar-refractivity contribution >= 4 is 30.0 Å². The van der Waals surface area contributed by atoms with Gasteiger partial charge in [0, 0.05) is 70.7 Å². The highest BCUT2D eigenvalue weighted by molar-refractivity contribution is 5.77. The van der Waals surface area contributed by atoms with Crippen LogP contribution in [0.1, 0.15) is 69.8 Å². The first-order valence-corrected chi connectivity index (χ1v) is 14.9. The second kappa shape index (κ2) is 13.9. The molecule has 44 heavy (non-hydrogen) atoms. The minimum absolute atomic E-state index is 0.000991. The summed E-state index contributed by atoms with van der Waals surface area (Å²) < 4.78 is 15.5. The monoisotopic (exact) mass is 610 g/mol. The van der Waals surface area contributed by atoms with E-state index in [1.54, 1.807) is 31.9 Å². The lowest BCUT2D eigenvalue weighted by Crippen LogP contribution is -2.41. The number of hydrogen-bond acceptors (Lipinski definition) is 10. The maximum Gasteiger partial charge on any atom is 0.410 e. The SMILES string of the molecule is CC(C)(C)OC(=O)NCCC(=O)OC(C)(C)OC(=O)NCCC(=O)N1CCc2nc(NC3Cc4ccccc4C3)ncc2C1. The minimum atomic E-state index is -1.55. The highest BCUT2D eigenvalue weighted by atomic mass is 16.7. The van der Waals surface area contributed by atoms with E-state index < -0.39 is 29.5 Å². The zero-order valence-electron chi connectivity index (χ0n) is 26.0. The van der Waals surface area contributed by atoms with Crippen LogP contribution in [0.25, 0.3) is 0 Å². The molecule has 13 nitrogen and oxygen atoms in total. The number of fused-ring (bicyclic) bond motifs is 2. The fourth-order valence-electron chi connectivity index (χ4n) is 5.06. The average molecular weight is 611 g/mol. The van der Waals surface area contributed by atoms with Crippen molar-refractivity contribution in [1.82, 2.24) is 25.5 Å². The van der Waals surface area contributed by atoms with Gasteiger partial charge in [-0.05, 0) is 44.7 Å². The molecule has 1 aliphatic carbocycles. The Hall–Kier alpha value is -4.42. The van der Waals surface area contributed by atoms with Crippen molar-refractivity contribution in [2.24, 2.45) is 0 Å². The number of aromatic nitrogens is 2. The Balaban J connectivity index is 1.13. The van der Waals surface area contributed by atoms with E-state index in [1.807, 2.05) is 0 Å². The quantitative estimate of drug-likeness (QED) is 0.269. The van der Waals surface area contributed by atoms with E-state index in [0.29, 0.717) is 25.5 Å². The lowest BCUT2D eigenvalue weighted by molar-refractivity contribution is -0.194. The van der Waals surface area contributed by atoms with Crippen LogP contribution >= 0.6 is 0 Å². The molecule has 2 aliphatic rings. The van der Waals surface area contributed by atoms with Gasteiger partial charge in [0.2, 0.25) is 11.9 Å². The Kier molecular flexibility index (Phi) is 10.3. The van der Waals surface area contributed by atoms with Crippen molar-refractivity contribution in [2.45, 2.75) is 90.7 Å². The number of carbonyl (C=O) groups excluding carboxylic acids is 4. The van der Waals surface area contributed by atoms with Crippen LogP contribution in [-0.2, 0) is 49.6 Å². The Morgan fingerprint density at radius 1 is 0.886 bits per heavy atom. The number of amides is 3. The Morgan fingerprint density at radius 3 is 2.18 bits per heavy atom. The molecule has 0 radical (unpaired) electrons. The molecule has 2 aromatic rings. The van der Waals surface area contributed by atoms with Gasteiger partial charge in [0.25, 0.3) is 5.79 Å². The summed E-state index contributed by atoms with van der Waals surface area (Å²) >= 11 is 0. The van der Waals surface area contributed by atoms with E-state index in [2.05, 4.69) is 45.2 Å². The van der Waals surface area contributed by atoms with Crippen molar-refractivity contribution in [3.05, 3.63) is 52.8 Å². The summed E-state index contributed by atoms with van der Waals surface area (Å²) in [5, 5.41) is 8.44. The van der Waals surface area contributed by atoms with Gasteiger partial charge in [-0.15, -0.1) is 0 Å². The molecule has 0 saturated heterocycles. The second-order valence-electron chi connectivity index (χ2n) is 12.4. The molecule has 0 fully saturated rings. The van der Waals surface area contributed by atoms with E-state index in [4.69, 9.17) is 19.2 Å². The molecule has 1 aromatic carbocycles. The van der Waals surface area contributed by atoms with E-state index in [1.165, 1.54) is 25.0 Å². The number of hydrogen-bond donors (Lipinski definition) is 3. The van der Waals surface area contributed by atoms with Crippen LogP contribution in [0, 0.1) is 0 Å². The summed E-state index contributed by atoms with van der Waals surface area (Å²) in [5.74, 6) is -1.74. The number of anilines is 1. The average Bonchev–Trinajstić information content (AvgIpc) is 3.33. The smallest absolute Gasteiger partial charge is 0.410 e. The van der Waals surface area contributed by atoms with Crippen LogP contribution in [-0.4, -0.2) is 76.0 Å². The highest BCUT2D eigenvalue weighted by Crippen LogP contribution is 2.25. The number of nitrogens with one attached hydrogen (secondary N) is 3. The zero-order valence-corrected chi connectivity index (χ0v) is 26.0. The fraction of sp³-hybridized carbons (Fsp3) is 0.548. The molecule has 1 aliphatic heterocycles. The largest absolute Gasteiger partial charge is 0.444 e. The van der Waals surface area contributed by atoms with Gasteiger partial charge in [-0.3, -0.25) is 9.59 Å². The van der Waals surface area contributed by atoms with E-state index in [-0.39, 0.29) is 37.9 Å². The van der Waals surface area contributed by atoms with Crippen LogP contribution in [0.3, 0.4) is 0 Å². The molecule has 1 aromatic heterocycles. The normalized spacial score (nSPS) is 14.6. The van der Waals surface area contributed by atoms with Crippen molar-refractivity contribution in [2.75, 3.05) is 25.0 Å². The van der Waals surface area contributed by atoms with Gasteiger partial charge in [0.05, 0.1) is 12.1 Å². The van der Waals surface area contributed by atoms with E-state index in [0.717, 1.165) is 24.1 Å². The maximum atomic E-state index is 12.8. The van der Waals surface area contributed by atoms with Crippen molar-refractivity contribution < 1.29 is 33.4 Å². The summed E-state index contributed by atoms with van der Waals surface area (Å²) in [6, 6.07) is 8.70. The standard InChI is InChI=1S/C31H42N6O7/c1-30(2,3)43-28(40)33-14-11-26(39)42-31(4,5)44-29(41)32-13-10-25(38)37-15-12-24-22(19-37)18-34-27(36-24)35-23-16-20-8-6-7-9-21(20)17-23/h6-9,18,23H,10-17,19H2,1-5H3,(H,32,41)(H,33,40)(H,34,35,36). The number of nitrogens with zero attached hydrogens (tertiary/aromatic N) is 3. The summed E-state index contributed by atoms with van der Waals surface area (Å²) in [4.78, 5) is 59.8. The molecule has 0 saturated carbocycles. The summed E-state index contributed by atoms with van der Waals surface area (Å²) in [5.41, 5.74) is 3.89. The number of alkyl carbamates (subject to hydrolysis) is 2. The van der Waals surface area contributed by atoms with Crippen molar-refractivity contribution in [1.29, 1.82) is 0 Å². The highest BCUT2D eigenvalue weighted by Gasteiger charge is 2.28. The molecular formula is C31H42N6O7. The summed E-state index contributed by atoms with van der Waals surface area (Å²) in [6.45, 7) is 8.99. The van der Waals surface area contributed by atoms with Crippen LogP contribution in [0.4, 0.5) is 15.5 Å². The number of carbonyl (C=O) groups is 4. The summed E-state index contributed by atoms with van der Waals surface area (Å²) in [7, 11) is 0. The predicted octanol–water partition coefficient (Wildman–Crippen LogP) is 3.25. The van der Waals surface area contributed by atoms with E-state index in [9.17, 15) is 19.2 Å². The lowest BCUT2D eigenvalue weighted by atomic mass is 10.1. The Labute approximate surface area is 257 Å². The molecule has 3 amide bonds. The number of rotatable bonds is 10. The number of ether oxygens (including phenoxy) is 3. The lowest BCUT2D eigenvalue weighted by Gasteiger charge is -2.28. The molecule has 0 unspecified atom stereocenters. The third kappa shape index (κ3) is 9.81. The van der Waals surface area contributed by atoms with Gasteiger partial charge >= 0.3 is 18.2 Å². The number of benzene rings is 1. The fourth-order valence-corrected chi connectivity index (χ4v) is 5.06. The van der Waals surface area contributed by atoms with Crippen molar-refractivity contribution in [3.8, 4) is 0 Å². The van der Waals surface area contributed by atoms with Gasteiger partial charge in [-0.2, -0.15) is 0 Å². The molecule has 0 spiro atoms. The second-order valence-corrected chi connectivity index (χ2v) is 12.4. The first-order valence-electron chi connectivity index (χ1n) is 14.9. The molecule has 0 bridgehead atoms. The van der Waals surface area contributed by atoms with Gasteiger partial charge in [-0.25, -0.2) is 19.6 Å². The molecule has 2 heterocycles. The van der Waals surface area contributed by atoms with Gasteiger partial charge in [0.1, 0.15) is 5.60 Å². The Bertz CT molecular complexity index is 1350.